The Bertz CT molecular complexity index is 1370. The van der Waals surface area contributed by atoms with Crippen molar-refractivity contribution in [3.05, 3.63) is 106 Å². The summed E-state index contributed by atoms with van der Waals surface area (Å²) in [6.45, 7) is 0. The minimum atomic E-state index is -0.405. The van der Waals surface area contributed by atoms with Crippen molar-refractivity contribution in [3.8, 4) is 11.5 Å². The Morgan fingerprint density at radius 2 is 1.77 bits per heavy atom. The first kappa shape index (κ1) is 18.8. The second kappa shape index (κ2) is 7.89. The van der Waals surface area contributed by atoms with Crippen LogP contribution >= 0.6 is 23.1 Å². The van der Waals surface area contributed by atoms with Crippen LogP contribution in [0.2, 0.25) is 5.02 Å². The summed E-state index contributed by atoms with van der Waals surface area (Å²) in [4.78, 5) is 13.1. The maximum Gasteiger partial charge on any atom is 0.269 e. The molecule has 0 unspecified atom stereocenters. The van der Waals surface area contributed by atoms with E-state index in [-0.39, 0.29) is 5.56 Å². The molecule has 0 bridgehead atoms. The van der Waals surface area contributed by atoms with Crippen LogP contribution in [0.25, 0.3) is 21.5 Å². The van der Waals surface area contributed by atoms with Gasteiger partial charge in [-0.2, -0.15) is 0 Å². The van der Waals surface area contributed by atoms with Gasteiger partial charge in [-0.1, -0.05) is 71.7 Å². The molecular formula is C23H16ClN3O2S. The molecule has 2 heterocycles. The molecule has 0 aliphatic rings. The minimum Gasteiger partial charge on any atom is -0.418 e. The minimum absolute atomic E-state index is 0.0564. The summed E-state index contributed by atoms with van der Waals surface area (Å²) < 4.78 is 8.69. The highest BCUT2D eigenvalue weighted by molar-refractivity contribution is 7.13. The number of benzene rings is 3. The molecule has 7 heteroatoms. The van der Waals surface area contributed by atoms with E-state index in [1.54, 1.807) is 16.1 Å². The molecule has 5 aromatic rings. The third kappa shape index (κ3) is 3.56. The summed E-state index contributed by atoms with van der Waals surface area (Å²) >= 11 is 7.51. The number of hydrogen-bond donors (Lipinski definition) is 0. The van der Waals surface area contributed by atoms with Crippen LogP contribution in [0.3, 0.4) is 0 Å². The summed E-state index contributed by atoms with van der Waals surface area (Å²) in [5.41, 5.74) is 1.76. The summed E-state index contributed by atoms with van der Waals surface area (Å²) in [5, 5.41) is 9.79. The van der Waals surface area contributed by atoms with Crippen molar-refractivity contribution in [2.45, 2.75) is 12.5 Å². The number of fused-ring (bicyclic) bond motifs is 1. The molecule has 0 fully saturated rings. The molecule has 30 heavy (non-hydrogen) atoms. The first-order chi connectivity index (χ1) is 14.7. The molecule has 0 aliphatic heterocycles. The molecule has 0 aliphatic carbocycles. The second-order valence-corrected chi connectivity index (χ2v) is 8.33. The Morgan fingerprint density at radius 1 is 0.967 bits per heavy atom. The van der Waals surface area contributed by atoms with Crippen molar-refractivity contribution in [2.75, 3.05) is 0 Å². The molecule has 5 nitrogen and oxygen atoms in total. The van der Waals surface area contributed by atoms with Gasteiger partial charge in [0.2, 0.25) is 11.8 Å². The lowest BCUT2D eigenvalue weighted by Crippen LogP contribution is -2.22. The highest BCUT2D eigenvalue weighted by atomic mass is 35.5. The standard InChI is InChI=1S/C23H16ClN3O2S/c24-17-10-6-9-16(14-17)21-25-26-22(29-21)19(13-15-7-2-1-3-8-15)27-23(28)18-11-4-5-12-20(18)30-27/h1-12,14,19H,13H2/t19-/m0/s1. The SMILES string of the molecule is O=c1c2ccccc2sn1[C@@H](Cc1ccccc1)c1nnc(-c2cccc(Cl)c2)o1. The molecule has 1 atom stereocenters. The molecule has 3 aromatic carbocycles. The number of rotatable bonds is 5. The van der Waals surface area contributed by atoms with Crippen LogP contribution in [-0.2, 0) is 6.42 Å². The topological polar surface area (TPSA) is 60.9 Å². The Kier molecular flexibility index (Phi) is 4.94. The summed E-state index contributed by atoms with van der Waals surface area (Å²) in [5.74, 6) is 0.766. The van der Waals surface area contributed by atoms with Crippen LogP contribution in [-0.4, -0.2) is 14.2 Å². The van der Waals surface area contributed by atoms with Gasteiger partial charge in [0.1, 0.15) is 6.04 Å². The van der Waals surface area contributed by atoms with E-state index < -0.39 is 6.04 Å². The van der Waals surface area contributed by atoms with E-state index in [9.17, 15) is 4.79 Å². The number of hydrogen-bond acceptors (Lipinski definition) is 5. The van der Waals surface area contributed by atoms with E-state index in [1.165, 1.54) is 11.5 Å². The highest BCUT2D eigenvalue weighted by Crippen LogP contribution is 2.29. The zero-order valence-corrected chi connectivity index (χ0v) is 17.3. The fourth-order valence-corrected chi connectivity index (χ4v) is 4.68. The largest absolute Gasteiger partial charge is 0.418 e. The van der Waals surface area contributed by atoms with Gasteiger partial charge in [-0.25, -0.2) is 0 Å². The van der Waals surface area contributed by atoms with Crippen molar-refractivity contribution < 1.29 is 4.42 Å². The van der Waals surface area contributed by atoms with Crippen LogP contribution in [0.4, 0.5) is 0 Å². The average Bonchev–Trinajstić information content (AvgIpc) is 3.39. The lowest BCUT2D eigenvalue weighted by Gasteiger charge is -2.13. The van der Waals surface area contributed by atoms with Gasteiger partial charge in [-0.05, 0) is 35.9 Å². The predicted molar refractivity (Wildman–Crippen MR) is 119 cm³/mol. The Balaban J connectivity index is 1.61. The van der Waals surface area contributed by atoms with Gasteiger partial charge in [-0.15, -0.1) is 10.2 Å². The molecule has 0 saturated carbocycles. The van der Waals surface area contributed by atoms with E-state index in [0.717, 1.165) is 15.8 Å². The molecule has 0 N–H and O–H groups in total. The summed E-state index contributed by atoms with van der Waals surface area (Å²) in [7, 11) is 0. The predicted octanol–water partition coefficient (Wildman–Crippen LogP) is 5.60. The van der Waals surface area contributed by atoms with Gasteiger partial charge in [0, 0.05) is 17.0 Å². The number of halogens is 1. The van der Waals surface area contributed by atoms with Crippen LogP contribution in [0.15, 0.2) is 88.1 Å². The van der Waals surface area contributed by atoms with Crippen LogP contribution in [0, 0.1) is 0 Å². The van der Waals surface area contributed by atoms with E-state index in [1.807, 2.05) is 66.7 Å². The highest BCUT2D eigenvalue weighted by Gasteiger charge is 2.25. The van der Waals surface area contributed by atoms with Gasteiger partial charge >= 0.3 is 0 Å². The van der Waals surface area contributed by atoms with Crippen LogP contribution in [0.1, 0.15) is 17.5 Å². The van der Waals surface area contributed by atoms with Crippen LogP contribution in [0.5, 0.6) is 0 Å². The van der Waals surface area contributed by atoms with E-state index in [0.29, 0.717) is 28.6 Å². The molecular weight excluding hydrogens is 418 g/mol. The zero-order chi connectivity index (χ0) is 20.5. The van der Waals surface area contributed by atoms with Crippen molar-refractivity contribution >= 4 is 33.2 Å². The van der Waals surface area contributed by atoms with Crippen molar-refractivity contribution in [3.63, 3.8) is 0 Å². The first-order valence-electron chi connectivity index (χ1n) is 9.43. The quantitative estimate of drug-likeness (QED) is 0.362. The lowest BCUT2D eigenvalue weighted by atomic mass is 10.1. The molecule has 0 amide bonds. The average molecular weight is 434 g/mol. The Morgan fingerprint density at radius 3 is 2.57 bits per heavy atom. The van der Waals surface area contributed by atoms with Crippen molar-refractivity contribution in [1.29, 1.82) is 0 Å². The van der Waals surface area contributed by atoms with Gasteiger partial charge < -0.3 is 4.42 Å². The van der Waals surface area contributed by atoms with E-state index in [2.05, 4.69) is 10.2 Å². The van der Waals surface area contributed by atoms with Gasteiger partial charge in [0.25, 0.3) is 5.56 Å². The lowest BCUT2D eigenvalue weighted by molar-refractivity contribution is 0.427. The normalized spacial score (nSPS) is 12.3. The van der Waals surface area contributed by atoms with Gasteiger partial charge in [0.05, 0.1) is 10.1 Å². The molecule has 0 saturated heterocycles. The zero-order valence-electron chi connectivity index (χ0n) is 15.7. The maximum atomic E-state index is 13.1. The molecule has 2 aromatic heterocycles. The van der Waals surface area contributed by atoms with E-state index in [4.69, 9.17) is 16.0 Å². The molecule has 148 valence electrons. The fraction of sp³-hybridized carbons (Fsp3) is 0.0870. The van der Waals surface area contributed by atoms with Gasteiger partial charge in [-0.3, -0.25) is 8.75 Å². The number of nitrogens with zero attached hydrogens (tertiary/aromatic N) is 3. The van der Waals surface area contributed by atoms with Crippen molar-refractivity contribution in [2.24, 2.45) is 0 Å². The third-order valence-corrected chi connectivity index (χ3v) is 6.27. The maximum absolute atomic E-state index is 13.1. The van der Waals surface area contributed by atoms with Crippen LogP contribution < -0.4 is 5.56 Å². The summed E-state index contributed by atoms with van der Waals surface area (Å²) in [6.07, 6.45) is 0.560. The first-order valence-corrected chi connectivity index (χ1v) is 10.6. The second-order valence-electron chi connectivity index (χ2n) is 6.88. The Hall–Kier alpha value is -3.22. The monoisotopic (exact) mass is 433 g/mol. The molecule has 0 spiro atoms. The number of aromatic nitrogens is 3. The molecule has 0 radical (unpaired) electrons. The fourth-order valence-electron chi connectivity index (χ4n) is 3.41. The summed E-state index contributed by atoms with van der Waals surface area (Å²) in [6, 6.07) is 24.4. The third-order valence-electron chi connectivity index (χ3n) is 4.87. The van der Waals surface area contributed by atoms with E-state index >= 15 is 0 Å². The van der Waals surface area contributed by atoms with Gasteiger partial charge in [0.15, 0.2) is 0 Å². The Labute approximate surface area is 181 Å². The smallest absolute Gasteiger partial charge is 0.269 e. The molecule has 5 rings (SSSR count). The van der Waals surface area contributed by atoms with Crippen molar-refractivity contribution in [1.82, 2.24) is 14.2 Å².